The summed E-state index contributed by atoms with van der Waals surface area (Å²) in [4.78, 5) is 0. The molecule has 0 radical (unpaired) electrons. The van der Waals surface area contributed by atoms with Crippen LogP contribution < -0.4 is 5.19 Å². The summed E-state index contributed by atoms with van der Waals surface area (Å²) in [5.41, 5.74) is 0. The maximum atomic E-state index is 5.96. The van der Waals surface area contributed by atoms with Crippen molar-refractivity contribution in [3.05, 3.63) is 30.3 Å². The van der Waals surface area contributed by atoms with Gasteiger partial charge in [-0.1, -0.05) is 107 Å². The van der Waals surface area contributed by atoms with Crippen LogP contribution in [0.5, 0.6) is 0 Å². The van der Waals surface area contributed by atoms with E-state index in [1.807, 2.05) is 0 Å². The van der Waals surface area contributed by atoms with E-state index in [2.05, 4.69) is 50.3 Å². The average molecular weight is 411 g/mol. The van der Waals surface area contributed by atoms with Gasteiger partial charge in [0.15, 0.2) is 0 Å². The molecule has 0 aliphatic rings. The van der Waals surface area contributed by atoms with Gasteiger partial charge < -0.3 is 13.3 Å². The minimum absolute atomic E-state index is 0.368. The van der Waals surface area contributed by atoms with Crippen molar-refractivity contribution in [2.75, 3.05) is 21.3 Å². The Kier molecular flexibility index (Phi) is 11.7. The largest absolute Gasteiger partial charge is 0.500 e. The first-order chi connectivity index (χ1) is 13.0. The molecule has 0 fully saturated rings. The molecule has 5 heteroatoms. The second-order valence-corrected chi connectivity index (χ2v) is 16.5. The Hall–Kier alpha value is -0.466. The van der Waals surface area contributed by atoms with Crippen molar-refractivity contribution < 1.29 is 13.3 Å². The van der Waals surface area contributed by atoms with E-state index in [9.17, 15) is 0 Å². The van der Waals surface area contributed by atoms with Gasteiger partial charge in [-0.3, -0.25) is 0 Å². The molecule has 0 N–H and O–H groups in total. The number of hydrogen-bond acceptors (Lipinski definition) is 3. The predicted octanol–water partition coefficient (Wildman–Crippen LogP) is 5.92. The average Bonchev–Trinajstić information content (AvgIpc) is 2.70. The van der Waals surface area contributed by atoms with E-state index in [0.717, 1.165) is 6.42 Å². The van der Waals surface area contributed by atoms with Crippen LogP contribution in [-0.4, -0.2) is 38.2 Å². The second-order valence-electron chi connectivity index (χ2n) is 8.12. The van der Waals surface area contributed by atoms with Crippen LogP contribution in [0.4, 0.5) is 0 Å². The highest BCUT2D eigenvalue weighted by molar-refractivity contribution is 6.99. The SMILES string of the molecule is CCCCCCCCCCC([Si](OC)(OC)OC)[Si](C)(C)c1ccccc1. The summed E-state index contributed by atoms with van der Waals surface area (Å²) in [5.74, 6) is 0. The zero-order chi connectivity index (χ0) is 20.2. The van der Waals surface area contributed by atoms with Gasteiger partial charge >= 0.3 is 8.80 Å². The summed E-state index contributed by atoms with van der Waals surface area (Å²) in [5, 5.41) is 1.82. The molecule has 0 spiro atoms. The van der Waals surface area contributed by atoms with Crippen molar-refractivity contribution in [3.8, 4) is 0 Å². The number of unbranched alkanes of at least 4 members (excludes halogenated alkanes) is 7. The molecule has 0 saturated heterocycles. The van der Waals surface area contributed by atoms with Crippen LogP contribution in [0.25, 0.3) is 0 Å². The third-order valence-electron chi connectivity index (χ3n) is 6.02. The molecule has 27 heavy (non-hydrogen) atoms. The van der Waals surface area contributed by atoms with Gasteiger partial charge in [0.25, 0.3) is 0 Å². The van der Waals surface area contributed by atoms with E-state index in [1.165, 1.54) is 56.6 Å². The maximum absolute atomic E-state index is 5.96. The van der Waals surface area contributed by atoms with Gasteiger partial charge in [0.05, 0.1) is 8.07 Å². The minimum Gasteiger partial charge on any atom is -0.377 e. The smallest absolute Gasteiger partial charge is 0.377 e. The molecule has 0 amide bonds. The van der Waals surface area contributed by atoms with Crippen LogP contribution in [0.2, 0.25) is 18.3 Å². The summed E-state index contributed by atoms with van der Waals surface area (Å²) < 4.78 is 17.9. The maximum Gasteiger partial charge on any atom is 0.500 e. The Morgan fingerprint density at radius 2 is 1.22 bits per heavy atom. The van der Waals surface area contributed by atoms with Gasteiger partial charge in [-0.05, 0) is 6.42 Å². The molecule has 1 aromatic carbocycles. The molecule has 0 saturated carbocycles. The van der Waals surface area contributed by atoms with Crippen molar-refractivity contribution in [2.45, 2.75) is 83.0 Å². The van der Waals surface area contributed by atoms with Crippen LogP contribution in [0.15, 0.2) is 30.3 Å². The first kappa shape index (κ1) is 24.6. The Balaban J connectivity index is 2.78. The fourth-order valence-electron chi connectivity index (χ4n) is 4.21. The summed E-state index contributed by atoms with van der Waals surface area (Å²) >= 11 is 0. The first-order valence-electron chi connectivity index (χ1n) is 10.7. The summed E-state index contributed by atoms with van der Waals surface area (Å²) in [6, 6.07) is 10.9. The van der Waals surface area contributed by atoms with Crippen LogP contribution >= 0.6 is 0 Å². The van der Waals surface area contributed by atoms with Crippen molar-refractivity contribution >= 4 is 22.1 Å². The number of benzene rings is 1. The van der Waals surface area contributed by atoms with Gasteiger partial charge in [-0.25, -0.2) is 0 Å². The molecular formula is C22H42O3Si2. The zero-order valence-electron chi connectivity index (χ0n) is 18.6. The summed E-state index contributed by atoms with van der Waals surface area (Å²) in [6.45, 7) is 7.16. The van der Waals surface area contributed by atoms with Crippen molar-refractivity contribution in [1.82, 2.24) is 0 Å². The lowest BCUT2D eigenvalue weighted by atomic mass is 10.1. The fraction of sp³-hybridized carbons (Fsp3) is 0.727. The molecule has 0 aliphatic carbocycles. The van der Waals surface area contributed by atoms with E-state index in [0.29, 0.717) is 5.16 Å². The van der Waals surface area contributed by atoms with Crippen molar-refractivity contribution in [3.63, 3.8) is 0 Å². The van der Waals surface area contributed by atoms with E-state index in [-0.39, 0.29) is 0 Å². The standard InChI is InChI=1S/C22H42O3Si2/c1-7-8-9-10-11-12-13-17-20-22(27(23-2,24-3)25-4)26(5,6)21-18-15-14-16-19-21/h14-16,18-19,22H,7-13,17,20H2,1-6H3. The monoisotopic (exact) mass is 410 g/mol. The van der Waals surface area contributed by atoms with Crippen LogP contribution in [-0.2, 0) is 13.3 Å². The molecule has 3 nitrogen and oxygen atoms in total. The quantitative estimate of drug-likeness (QED) is 0.265. The molecule has 1 unspecified atom stereocenters. The summed E-state index contributed by atoms with van der Waals surface area (Å²) in [7, 11) is 0.782. The molecule has 1 aromatic rings. The lowest BCUT2D eigenvalue weighted by Crippen LogP contribution is -2.61. The van der Waals surface area contributed by atoms with Gasteiger partial charge in [0.2, 0.25) is 0 Å². The van der Waals surface area contributed by atoms with Crippen LogP contribution in [0.1, 0.15) is 64.7 Å². The highest BCUT2D eigenvalue weighted by Crippen LogP contribution is 2.38. The lowest BCUT2D eigenvalue weighted by molar-refractivity contribution is 0.117. The fourth-order valence-corrected chi connectivity index (χ4v) is 13.6. The molecular weight excluding hydrogens is 368 g/mol. The van der Waals surface area contributed by atoms with E-state index in [1.54, 1.807) is 21.3 Å². The van der Waals surface area contributed by atoms with E-state index in [4.69, 9.17) is 13.3 Å². The second kappa shape index (κ2) is 12.9. The van der Waals surface area contributed by atoms with Gasteiger partial charge in [0.1, 0.15) is 0 Å². The van der Waals surface area contributed by atoms with Gasteiger partial charge in [0, 0.05) is 26.5 Å². The Morgan fingerprint density at radius 3 is 1.70 bits per heavy atom. The van der Waals surface area contributed by atoms with Gasteiger partial charge in [-0.2, -0.15) is 0 Å². The molecule has 0 bridgehead atoms. The number of rotatable bonds is 15. The molecule has 156 valence electrons. The van der Waals surface area contributed by atoms with Crippen molar-refractivity contribution in [1.29, 1.82) is 0 Å². The normalized spacial score (nSPS) is 13.7. The highest BCUT2D eigenvalue weighted by Gasteiger charge is 2.54. The topological polar surface area (TPSA) is 27.7 Å². The van der Waals surface area contributed by atoms with Crippen LogP contribution in [0, 0.1) is 0 Å². The Labute approximate surface area is 170 Å². The third-order valence-corrected chi connectivity index (χ3v) is 15.9. The summed E-state index contributed by atoms with van der Waals surface area (Å²) in [6.07, 6.45) is 11.8. The first-order valence-corrected chi connectivity index (χ1v) is 15.6. The third kappa shape index (κ3) is 7.13. The Morgan fingerprint density at radius 1 is 0.741 bits per heavy atom. The molecule has 1 atom stereocenters. The minimum atomic E-state index is -2.69. The number of hydrogen-bond donors (Lipinski definition) is 0. The van der Waals surface area contributed by atoms with Crippen molar-refractivity contribution in [2.24, 2.45) is 0 Å². The molecule has 0 aromatic heterocycles. The van der Waals surface area contributed by atoms with Gasteiger partial charge in [-0.15, -0.1) is 0 Å². The molecule has 0 aliphatic heterocycles. The van der Waals surface area contributed by atoms with Crippen LogP contribution in [0.3, 0.4) is 0 Å². The Bertz CT molecular complexity index is 481. The molecule has 0 heterocycles. The highest BCUT2D eigenvalue weighted by atomic mass is 28.4. The van der Waals surface area contributed by atoms with E-state index < -0.39 is 16.9 Å². The molecule has 1 rings (SSSR count). The predicted molar refractivity (Wildman–Crippen MR) is 121 cm³/mol. The lowest BCUT2D eigenvalue weighted by Gasteiger charge is -2.41. The van der Waals surface area contributed by atoms with E-state index >= 15 is 0 Å². The zero-order valence-corrected chi connectivity index (χ0v) is 20.6.